The zero-order valence-electron chi connectivity index (χ0n) is 12.5. The molecule has 0 saturated heterocycles. The summed E-state index contributed by atoms with van der Waals surface area (Å²) in [6, 6.07) is 5.01. The van der Waals surface area contributed by atoms with Crippen LogP contribution in [0.4, 0.5) is 0 Å². The average molecular weight is 278 g/mol. The van der Waals surface area contributed by atoms with Gasteiger partial charge >= 0.3 is 0 Å². The van der Waals surface area contributed by atoms with E-state index in [9.17, 15) is 15.0 Å². The summed E-state index contributed by atoms with van der Waals surface area (Å²) in [5.74, 6) is 0.737. The molecule has 0 fully saturated rings. The van der Waals surface area contributed by atoms with Crippen molar-refractivity contribution in [3.05, 3.63) is 29.3 Å². The Kier molecular flexibility index (Phi) is 7.31. The molecule has 1 aromatic carbocycles. The number of rotatable bonds is 9. The Morgan fingerprint density at radius 1 is 1.25 bits per heavy atom. The van der Waals surface area contributed by atoms with Crippen LogP contribution in [0.5, 0.6) is 5.75 Å². The maximum atomic E-state index is 10.5. The zero-order valence-corrected chi connectivity index (χ0v) is 12.5. The second kappa shape index (κ2) is 8.75. The van der Waals surface area contributed by atoms with Crippen molar-refractivity contribution < 1.29 is 15.0 Å². The van der Waals surface area contributed by atoms with Crippen LogP contribution in [0.25, 0.3) is 0 Å². The fourth-order valence-corrected chi connectivity index (χ4v) is 2.37. The fraction of sp³-hybridized carbons (Fsp3) is 0.588. The van der Waals surface area contributed by atoms with Crippen molar-refractivity contribution in [1.82, 2.24) is 0 Å². The third-order valence-corrected chi connectivity index (χ3v) is 3.77. The van der Waals surface area contributed by atoms with Crippen molar-refractivity contribution in [2.24, 2.45) is 5.92 Å². The Hall–Kier alpha value is -1.35. The Morgan fingerprint density at radius 2 is 2.00 bits per heavy atom. The summed E-state index contributed by atoms with van der Waals surface area (Å²) in [7, 11) is 0. The number of aromatic hydroxyl groups is 1. The lowest BCUT2D eigenvalue weighted by atomic mass is 9.94. The zero-order chi connectivity index (χ0) is 15.0. The molecule has 0 radical (unpaired) electrons. The molecule has 3 heteroatoms. The number of aliphatic hydroxyl groups is 1. The van der Waals surface area contributed by atoms with Crippen LogP contribution in [-0.4, -0.2) is 16.5 Å². The molecule has 1 rings (SSSR count). The van der Waals surface area contributed by atoms with Crippen LogP contribution in [0.1, 0.15) is 63.2 Å². The molecule has 2 atom stereocenters. The molecule has 3 nitrogen and oxygen atoms in total. The van der Waals surface area contributed by atoms with Crippen LogP contribution in [0.2, 0.25) is 0 Å². The Balaban J connectivity index is 2.56. The van der Waals surface area contributed by atoms with Gasteiger partial charge in [0.25, 0.3) is 0 Å². The van der Waals surface area contributed by atoms with E-state index in [2.05, 4.69) is 13.8 Å². The van der Waals surface area contributed by atoms with E-state index in [0.717, 1.165) is 24.7 Å². The minimum Gasteiger partial charge on any atom is -0.508 e. The van der Waals surface area contributed by atoms with Gasteiger partial charge in [0.1, 0.15) is 12.0 Å². The fourth-order valence-electron chi connectivity index (χ4n) is 2.37. The average Bonchev–Trinajstić information content (AvgIpc) is 2.45. The second-order valence-electron chi connectivity index (χ2n) is 5.60. The standard InChI is InChI=1S/C17H26O3/c1-3-4-5-13(2)6-8-16(19)14-7-9-17(20)15(12-14)10-11-18/h7,9,11-13,16,19-20H,3-6,8,10H2,1-2H3/t13-,16+/m1/s1. The molecule has 0 saturated carbocycles. The number of carbonyl (C=O) groups is 1. The van der Waals surface area contributed by atoms with E-state index in [1.165, 1.54) is 19.3 Å². The second-order valence-corrected chi connectivity index (χ2v) is 5.60. The number of aldehydes is 1. The van der Waals surface area contributed by atoms with Crippen LogP contribution in [-0.2, 0) is 11.2 Å². The number of phenols is 1. The highest BCUT2D eigenvalue weighted by molar-refractivity contribution is 5.57. The SMILES string of the molecule is CCCC[C@@H](C)CC[C@H](O)c1ccc(O)c(CC=O)c1. The third-order valence-electron chi connectivity index (χ3n) is 3.77. The lowest BCUT2D eigenvalue weighted by Crippen LogP contribution is -2.03. The van der Waals surface area contributed by atoms with Crippen LogP contribution in [0.15, 0.2) is 18.2 Å². The van der Waals surface area contributed by atoms with Crippen molar-refractivity contribution in [3.8, 4) is 5.75 Å². The summed E-state index contributed by atoms with van der Waals surface area (Å²) in [6.07, 6.45) is 5.78. The van der Waals surface area contributed by atoms with E-state index >= 15 is 0 Å². The topological polar surface area (TPSA) is 57.5 Å². The van der Waals surface area contributed by atoms with E-state index in [1.54, 1.807) is 18.2 Å². The molecular weight excluding hydrogens is 252 g/mol. The summed E-state index contributed by atoms with van der Waals surface area (Å²) in [5, 5.41) is 19.8. The van der Waals surface area contributed by atoms with Gasteiger partial charge in [-0.2, -0.15) is 0 Å². The number of aliphatic hydroxyl groups excluding tert-OH is 1. The normalized spacial score (nSPS) is 13.9. The van der Waals surface area contributed by atoms with Gasteiger partial charge < -0.3 is 15.0 Å². The minimum atomic E-state index is -0.523. The molecule has 0 bridgehead atoms. The first-order chi connectivity index (χ1) is 9.58. The largest absolute Gasteiger partial charge is 0.508 e. The molecule has 0 heterocycles. The van der Waals surface area contributed by atoms with E-state index in [-0.39, 0.29) is 12.2 Å². The number of unbranched alkanes of at least 4 members (excludes halogenated alkanes) is 1. The highest BCUT2D eigenvalue weighted by atomic mass is 16.3. The number of hydrogen-bond donors (Lipinski definition) is 2. The van der Waals surface area contributed by atoms with E-state index in [4.69, 9.17) is 0 Å². The maximum Gasteiger partial charge on any atom is 0.124 e. The van der Waals surface area contributed by atoms with Crippen molar-refractivity contribution >= 4 is 6.29 Å². The highest BCUT2D eigenvalue weighted by Crippen LogP contribution is 2.27. The summed E-state index contributed by atoms with van der Waals surface area (Å²) >= 11 is 0. The van der Waals surface area contributed by atoms with Crippen LogP contribution >= 0.6 is 0 Å². The van der Waals surface area contributed by atoms with Crippen LogP contribution in [0.3, 0.4) is 0 Å². The molecule has 0 aliphatic heterocycles. The first kappa shape index (κ1) is 16.7. The minimum absolute atomic E-state index is 0.115. The maximum absolute atomic E-state index is 10.5. The molecule has 0 spiro atoms. The van der Waals surface area contributed by atoms with Gasteiger partial charge in [0.2, 0.25) is 0 Å². The Bertz CT molecular complexity index is 415. The number of carbonyl (C=O) groups excluding carboxylic acids is 1. The van der Waals surface area contributed by atoms with Gasteiger partial charge in [-0.05, 0) is 36.5 Å². The summed E-state index contributed by atoms with van der Waals surface area (Å²) in [5.41, 5.74) is 1.36. The quantitative estimate of drug-likeness (QED) is 0.676. The Morgan fingerprint density at radius 3 is 2.65 bits per heavy atom. The third kappa shape index (κ3) is 5.33. The molecule has 2 N–H and O–H groups in total. The van der Waals surface area contributed by atoms with Gasteiger partial charge in [-0.25, -0.2) is 0 Å². The molecule has 20 heavy (non-hydrogen) atoms. The highest BCUT2D eigenvalue weighted by Gasteiger charge is 2.12. The van der Waals surface area contributed by atoms with E-state index in [0.29, 0.717) is 11.5 Å². The molecule has 0 amide bonds. The summed E-state index contributed by atoms with van der Waals surface area (Å²) in [6.45, 7) is 4.41. The van der Waals surface area contributed by atoms with Gasteiger partial charge in [0.15, 0.2) is 0 Å². The van der Waals surface area contributed by atoms with Gasteiger partial charge in [0, 0.05) is 12.0 Å². The van der Waals surface area contributed by atoms with Crippen molar-refractivity contribution in [1.29, 1.82) is 0 Å². The van der Waals surface area contributed by atoms with Gasteiger partial charge in [-0.3, -0.25) is 0 Å². The van der Waals surface area contributed by atoms with Crippen molar-refractivity contribution in [2.45, 2.75) is 58.5 Å². The molecule has 112 valence electrons. The van der Waals surface area contributed by atoms with E-state index < -0.39 is 6.10 Å². The molecule has 0 aromatic heterocycles. The van der Waals surface area contributed by atoms with Gasteiger partial charge in [-0.15, -0.1) is 0 Å². The van der Waals surface area contributed by atoms with E-state index in [1.807, 2.05) is 0 Å². The number of hydrogen-bond acceptors (Lipinski definition) is 3. The first-order valence-corrected chi connectivity index (χ1v) is 7.52. The predicted octanol–water partition coefficient (Wildman–Crippen LogP) is 3.77. The van der Waals surface area contributed by atoms with Crippen molar-refractivity contribution in [2.75, 3.05) is 0 Å². The Labute approximate surface area is 121 Å². The van der Waals surface area contributed by atoms with Gasteiger partial charge in [-0.1, -0.05) is 39.2 Å². The van der Waals surface area contributed by atoms with Crippen LogP contribution in [0, 0.1) is 5.92 Å². The first-order valence-electron chi connectivity index (χ1n) is 7.52. The lowest BCUT2D eigenvalue weighted by molar-refractivity contribution is -0.107. The molecule has 0 aliphatic rings. The lowest BCUT2D eigenvalue weighted by Gasteiger charge is -2.16. The van der Waals surface area contributed by atoms with Crippen molar-refractivity contribution in [3.63, 3.8) is 0 Å². The molecule has 0 aliphatic carbocycles. The van der Waals surface area contributed by atoms with Crippen LogP contribution < -0.4 is 0 Å². The summed E-state index contributed by atoms with van der Waals surface area (Å²) in [4.78, 5) is 10.5. The predicted molar refractivity (Wildman–Crippen MR) is 80.8 cm³/mol. The number of phenolic OH excluding ortho intramolecular Hbond substituents is 1. The van der Waals surface area contributed by atoms with Gasteiger partial charge in [0.05, 0.1) is 6.10 Å². The molecule has 1 aromatic rings. The molecule has 0 unspecified atom stereocenters. The monoisotopic (exact) mass is 278 g/mol. The smallest absolute Gasteiger partial charge is 0.124 e. The molecular formula is C17H26O3. The number of benzene rings is 1. The summed E-state index contributed by atoms with van der Waals surface area (Å²) < 4.78 is 0.